The Kier molecular flexibility index (Phi) is 3.83. The average Bonchev–Trinajstić information content (AvgIpc) is 2.88. The largest absolute Gasteiger partial charge is 0.453 e. The Bertz CT molecular complexity index is 611. The van der Waals surface area contributed by atoms with Gasteiger partial charge in [-0.2, -0.15) is 10.4 Å². The van der Waals surface area contributed by atoms with Crippen LogP contribution in [0.1, 0.15) is 31.0 Å². The zero-order chi connectivity index (χ0) is 13.8. The smallest absolute Gasteiger partial charge is 0.165 e. The highest BCUT2D eigenvalue weighted by Gasteiger charge is 2.08. The third-order valence-corrected chi connectivity index (χ3v) is 2.68. The molecule has 0 aliphatic carbocycles. The molecule has 1 aromatic heterocycles. The van der Waals surface area contributed by atoms with Gasteiger partial charge in [0.1, 0.15) is 11.8 Å². The number of aromatic nitrogens is 2. The van der Waals surface area contributed by atoms with Crippen LogP contribution in [0.5, 0.6) is 11.5 Å². The summed E-state index contributed by atoms with van der Waals surface area (Å²) in [6.07, 6.45) is 3.40. The van der Waals surface area contributed by atoms with E-state index in [-0.39, 0.29) is 12.6 Å². The molecular formula is C14H15N3O2. The summed E-state index contributed by atoms with van der Waals surface area (Å²) in [5.74, 6) is 1.05. The van der Waals surface area contributed by atoms with Crippen molar-refractivity contribution in [1.29, 1.82) is 5.26 Å². The summed E-state index contributed by atoms with van der Waals surface area (Å²) in [6, 6.07) is 7.33. The van der Waals surface area contributed by atoms with Crippen LogP contribution in [0.3, 0.4) is 0 Å². The first-order valence-electron chi connectivity index (χ1n) is 6.00. The summed E-state index contributed by atoms with van der Waals surface area (Å²) in [6.45, 7) is 3.95. The molecule has 0 unspecified atom stereocenters. The summed E-state index contributed by atoms with van der Waals surface area (Å²) < 4.78 is 7.42. The standard InChI is InChI=1S/C14H15N3O2/c1-10(2)17-8-13(7-16-17)19-14-4-3-11(9-18)5-12(14)6-15/h3-5,7-8,10,18H,9H2,1-2H3. The van der Waals surface area contributed by atoms with Crippen LogP contribution >= 0.6 is 0 Å². The van der Waals surface area contributed by atoms with Gasteiger partial charge in [0.15, 0.2) is 5.75 Å². The molecule has 5 nitrogen and oxygen atoms in total. The molecule has 0 bridgehead atoms. The first kappa shape index (κ1) is 13.1. The van der Waals surface area contributed by atoms with Crippen molar-refractivity contribution in [3.05, 3.63) is 41.7 Å². The molecule has 0 aliphatic heterocycles. The number of nitriles is 1. The normalized spacial score (nSPS) is 10.5. The van der Waals surface area contributed by atoms with Gasteiger partial charge in [-0.25, -0.2) is 0 Å². The number of hydrogen-bond donors (Lipinski definition) is 1. The molecule has 0 amide bonds. The van der Waals surface area contributed by atoms with Crippen molar-refractivity contribution >= 4 is 0 Å². The number of rotatable bonds is 4. The molecule has 98 valence electrons. The van der Waals surface area contributed by atoms with E-state index in [0.29, 0.717) is 22.6 Å². The Morgan fingerprint density at radius 2 is 2.26 bits per heavy atom. The van der Waals surface area contributed by atoms with Crippen molar-refractivity contribution < 1.29 is 9.84 Å². The molecule has 0 saturated heterocycles. The highest BCUT2D eigenvalue weighted by atomic mass is 16.5. The van der Waals surface area contributed by atoms with Crippen LogP contribution in [0.25, 0.3) is 0 Å². The maximum absolute atomic E-state index is 9.08. The Balaban J connectivity index is 2.25. The molecular weight excluding hydrogens is 242 g/mol. The number of benzene rings is 1. The van der Waals surface area contributed by atoms with Gasteiger partial charge in [0, 0.05) is 6.04 Å². The third-order valence-electron chi connectivity index (χ3n) is 2.68. The molecule has 19 heavy (non-hydrogen) atoms. The summed E-state index contributed by atoms with van der Waals surface area (Å²) in [5.41, 5.74) is 1.07. The summed E-state index contributed by atoms with van der Waals surface area (Å²) in [4.78, 5) is 0. The highest BCUT2D eigenvalue weighted by Crippen LogP contribution is 2.26. The Hall–Kier alpha value is -2.32. The van der Waals surface area contributed by atoms with Crippen LogP contribution < -0.4 is 4.74 Å². The molecule has 5 heteroatoms. The molecule has 2 rings (SSSR count). The quantitative estimate of drug-likeness (QED) is 0.913. The second kappa shape index (κ2) is 5.55. The number of aliphatic hydroxyl groups excluding tert-OH is 1. The highest BCUT2D eigenvalue weighted by molar-refractivity contribution is 5.46. The second-order valence-electron chi connectivity index (χ2n) is 4.45. The van der Waals surface area contributed by atoms with Gasteiger partial charge < -0.3 is 9.84 Å². The van der Waals surface area contributed by atoms with E-state index < -0.39 is 0 Å². The molecule has 0 spiro atoms. The maximum Gasteiger partial charge on any atom is 0.165 e. The Morgan fingerprint density at radius 1 is 1.47 bits per heavy atom. The minimum absolute atomic E-state index is 0.0970. The van der Waals surface area contributed by atoms with E-state index in [1.54, 1.807) is 35.3 Å². The Labute approximate surface area is 111 Å². The van der Waals surface area contributed by atoms with Crippen molar-refractivity contribution in [2.45, 2.75) is 26.5 Å². The van der Waals surface area contributed by atoms with Crippen molar-refractivity contribution in [1.82, 2.24) is 9.78 Å². The average molecular weight is 257 g/mol. The minimum Gasteiger partial charge on any atom is -0.453 e. The molecule has 0 radical (unpaired) electrons. The molecule has 2 aromatic rings. The van der Waals surface area contributed by atoms with Crippen LogP contribution in [0, 0.1) is 11.3 Å². The van der Waals surface area contributed by atoms with Gasteiger partial charge in [-0.3, -0.25) is 4.68 Å². The predicted molar refractivity (Wildman–Crippen MR) is 69.8 cm³/mol. The van der Waals surface area contributed by atoms with Gasteiger partial charge in [0.2, 0.25) is 0 Å². The van der Waals surface area contributed by atoms with E-state index in [4.69, 9.17) is 15.1 Å². The zero-order valence-corrected chi connectivity index (χ0v) is 10.9. The van der Waals surface area contributed by atoms with Gasteiger partial charge in [-0.1, -0.05) is 6.07 Å². The fourth-order valence-electron chi connectivity index (χ4n) is 1.63. The van der Waals surface area contributed by atoms with Crippen molar-refractivity contribution in [3.63, 3.8) is 0 Å². The lowest BCUT2D eigenvalue weighted by Gasteiger charge is -2.06. The van der Waals surface area contributed by atoms with Crippen molar-refractivity contribution in [2.24, 2.45) is 0 Å². The molecule has 1 N–H and O–H groups in total. The van der Waals surface area contributed by atoms with Crippen LogP contribution in [-0.4, -0.2) is 14.9 Å². The van der Waals surface area contributed by atoms with E-state index in [1.807, 2.05) is 13.8 Å². The molecule has 0 saturated carbocycles. The molecule has 0 aliphatic rings. The summed E-state index contributed by atoms with van der Waals surface area (Å²) >= 11 is 0. The zero-order valence-electron chi connectivity index (χ0n) is 10.9. The van der Waals surface area contributed by atoms with Crippen LogP contribution in [0.15, 0.2) is 30.6 Å². The maximum atomic E-state index is 9.08. The van der Waals surface area contributed by atoms with Gasteiger partial charge in [0.05, 0.1) is 24.6 Å². The lowest BCUT2D eigenvalue weighted by molar-refractivity contribution is 0.281. The minimum atomic E-state index is -0.0970. The topological polar surface area (TPSA) is 71.1 Å². The lowest BCUT2D eigenvalue weighted by Crippen LogP contribution is -1.99. The molecule has 0 atom stereocenters. The summed E-state index contributed by atoms with van der Waals surface area (Å²) in [5, 5.41) is 22.3. The summed E-state index contributed by atoms with van der Waals surface area (Å²) in [7, 11) is 0. The van der Waals surface area contributed by atoms with Crippen LogP contribution in [-0.2, 0) is 6.61 Å². The molecule has 1 heterocycles. The van der Waals surface area contributed by atoms with E-state index in [9.17, 15) is 0 Å². The van der Waals surface area contributed by atoms with Gasteiger partial charge in [-0.15, -0.1) is 0 Å². The number of nitrogens with zero attached hydrogens (tertiary/aromatic N) is 3. The van der Waals surface area contributed by atoms with Crippen LogP contribution in [0.4, 0.5) is 0 Å². The van der Waals surface area contributed by atoms with E-state index in [2.05, 4.69) is 11.2 Å². The predicted octanol–water partition coefficient (Wildman–Crippen LogP) is 2.62. The second-order valence-corrected chi connectivity index (χ2v) is 4.45. The number of ether oxygens (including phenoxy) is 1. The lowest BCUT2D eigenvalue weighted by atomic mass is 10.1. The van der Waals surface area contributed by atoms with Crippen molar-refractivity contribution in [2.75, 3.05) is 0 Å². The SMILES string of the molecule is CC(C)n1cc(Oc2ccc(CO)cc2C#N)cn1. The van der Waals surface area contributed by atoms with Gasteiger partial charge in [-0.05, 0) is 31.5 Å². The van der Waals surface area contributed by atoms with E-state index in [0.717, 1.165) is 0 Å². The first-order valence-corrected chi connectivity index (χ1v) is 6.00. The molecule has 1 aromatic carbocycles. The van der Waals surface area contributed by atoms with Gasteiger partial charge in [0.25, 0.3) is 0 Å². The number of aliphatic hydroxyl groups is 1. The third kappa shape index (κ3) is 2.92. The monoisotopic (exact) mass is 257 g/mol. The fraction of sp³-hybridized carbons (Fsp3) is 0.286. The van der Waals surface area contributed by atoms with Crippen molar-refractivity contribution in [3.8, 4) is 17.6 Å². The van der Waals surface area contributed by atoms with E-state index >= 15 is 0 Å². The molecule has 0 fully saturated rings. The van der Waals surface area contributed by atoms with Gasteiger partial charge >= 0.3 is 0 Å². The number of hydrogen-bond acceptors (Lipinski definition) is 4. The Morgan fingerprint density at radius 3 is 2.84 bits per heavy atom. The fourth-order valence-corrected chi connectivity index (χ4v) is 1.63. The van der Waals surface area contributed by atoms with Crippen LogP contribution in [0.2, 0.25) is 0 Å². The van der Waals surface area contributed by atoms with E-state index in [1.165, 1.54) is 0 Å². The first-order chi connectivity index (χ1) is 9.13.